The molecule has 2 aromatic rings. The first-order valence-corrected chi connectivity index (χ1v) is 5.77. The smallest absolute Gasteiger partial charge is 0.251 e. The van der Waals surface area contributed by atoms with Crippen LogP contribution in [0.3, 0.4) is 0 Å². The predicted octanol–water partition coefficient (Wildman–Crippen LogP) is 2.27. The van der Waals surface area contributed by atoms with Gasteiger partial charge in [-0.05, 0) is 26.0 Å². The number of hydrogen-bond acceptors (Lipinski definition) is 4. The van der Waals surface area contributed by atoms with Crippen LogP contribution >= 0.6 is 11.6 Å². The van der Waals surface area contributed by atoms with Crippen LogP contribution in [0.25, 0.3) is 0 Å². The summed E-state index contributed by atoms with van der Waals surface area (Å²) in [6.07, 6.45) is 1.49. The van der Waals surface area contributed by atoms with Gasteiger partial charge < -0.3 is 9.84 Å². The lowest BCUT2D eigenvalue weighted by atomic mass is 10.2. The lowest BCUT2D eigenvalue weighted by Gasteiger charge is -2.04. The van der Waals surface area contributed by atoms with Crippen molar-refractivity contribution in [3.05, 3.63) is 46.1 Å². The molecule has 18 heavy (non-hydrogen) atoms. The van der Waals surface area contributed by atoms with E-state index < -0.39 is 0 Å². The second-order valence-electron chi connectivity index (χ2n) is 3.85. The molecule has 0 aliphatic rings. The van der Waals surface area contributed by atoms with E-state index in [9.17, 15) is 4.79 Å². The molecule has 6 heteroatoms. The van der Waals surface area contributed by atoms with Crippen molar-refractivity contribution in [3.8, 4) is 0 Å². The summed E-state index contributed by atoms with van der Waals surface area (Å²) in [5, 5.41) is 6.90. The molecule has 5 nitrogen and oxygen atoms in total. The van der Waals surface area contributed by atoms with Gasteiger partial charge in [0.25, 0.3) is 5.91 Å². The highest BCUT2D eigenvalue weighted by molar-refractivity contribution is 6.29. The molecule has 94 valence electrons. The fraction of sp³-hybridized carbons (Fsp3) is 0.250. The van der Waals surface area contributed by atoms with E-state index in [4.69, 9.17) is 16.1 Å². The van der Waals surface area contributed by atoms with E-state index >= 15 is 0 Å². The number of carbonyl (C=O) groups excluding carboxylic acids is 1. The van der Waals surface area contributed by atoms with Gasteiger partial charge in [-0.2, -0.15) is 0 Å². The van der Waals surface area contributed by atoms with E-state index in [-0.39, 0.29) is 5.91 Å². The Kier molecular flexibility index (Phi) is 3.62. The summed E-state index contributed by atoms with van der Waals surface area (Å²) in [4.78, 5) is 15.7. The van der Waals surface area contributed by atoms with E-state index in [1.54, 1.807) is 6.07 Å². The van der Waals surface area contributed by atoms with Gasteiger partial charge in [0, 0.05) is 23.9 Å². The Bertz CT molecular complexity index is 561. The molecule has 0 aliphatic heterocycles. The molecule has 0 aliphatic carbocycles. The Morgan fingerprint density at radius 3 is 2.89 bits per heavy atom. The Morgan fingerprint density at radius 1 is 1.50 bits per heavy atom. The Labute approximate surface area is 109 Å². The normalized spacial score (nSPS) is 10.4. The van der Waals surface area contributed by atoms with Crippen LogP contribution < -0.4 is 5.32 Å². The largest absolute Gasteiger partial charge is 0.361 e. The number of aromatic nitrogens is 2. The van der Waals surface area contributed by atoms with Crippen LogP contribution in [0.5, 0.6) is 0 Å². The van der Waals surface area contributed by atoms with Crippen molar-refractivity contribution in [3.63, 3.8) is 0 Å². The lowest BCUT2D eigenvalue weighted by molar-refractivity contribution is 0.0950. The maximum Gasteiger partial charge on any atom is 0.251 e. The number of rotatable bonds is 3. The van der Waals surface area contributed by atoms with Gasteiger partial charge in [-0.25, -0.2) is 4.98 Å². The first kappa shape index (κ1) is 12.6. The van der Waals surface area contributed by atoms with Crippen molar-refractivity contribution < 1.29 is 9.32 Å². The van der Waals surface area contributed by atoms with Gasteiger partial charge in [0.1, 0.15) is 10.9 Å². The van der Waals surface area contributed by atoms with Crippen molar-refractivity contribution in [2.24, 2.45) is 0 Å². The van der Waals surface area contributed by atoms with Gasteiger partial charge in [-0.3, -0.25) is 4.79 Å². The fourth-order valence-electron chi connectivity index (χ4n) is 1.57. The number of hydrogen-bond donors (Lipinski definition) is 1. The maximum absolute atomic E-state index is 11.9. The minimum atomic E-state index is -0.209. The summed E-state index contributed by atoms with van der Waals surface area (Å²) in [5.74, 6) is 0.500. The molecular weight excluding hydrogens is 254 g/mol. The molecule has 0 fully saturated rings. The zero-order chi connectivity index (χ0) is 13.1. The summed E-state index contributed by atoms with van der Waals surface area (Å²) in [6.45, 7) is 4.02. The molecule has 0 radical (unpaired) electrons. The molecule has 2 rings (SSSR count). The topological polar surface area (TPSA) is 68.0 Å². The highest BCUT2D eigenvalue weighted by atomic mass is 35.5. The van der Waals surface area contributed by atoms with E-state index in [1.165, 1.54) is 12.3 Å². The molecular formula is C12H12ClN3O2. The Balaban J connectivity index is 2.05. The third-order valence-corrected chi connectivity index (χ3v) is 2.80. The number of pyridine rings is 1. The number of nitrogens with one attached hydrogen (secondary N) is 1. The van der Waals surface area contributed by atoms with E-state index in [0.29, 0.717) is 23.0 Å². The van der Waals surface area contributed by atoms with Gasteiger partial charge in [0.05, 0.1) is 5.69 Å². The number of amides is 1. The second-order valence-corrected chi connectivity index (χ2v) is 4.24. The minimum Gasteiger partial charge on any atom is -0.361 e. The number of aryl methyl sites for hydroxylation is 2. The lowest BCUT2D eigenvalue weighted by Crippen LogP contribution is -2.23. The molecule has 0 atom stereocenters. The van der Waals surface area contributed by atoms with Crippen molar-refractivity contribution in [2.75, 3.05) is 0 Å². The van der Waals surface area contributed by atoms with Gasteiger partial charge in [0.15, 0.2) is 0 Å². The molecule has 1 N–H and O–H groups in total. The minimum absolute atomic E-state index is 0.209. The monoisotopic (exact) mass is 265 g/mol. The molecule has 2 heterocycles. The van der Waals surface area contributed by atoms with E-state index in [0.717, 1.165) is 11.3 Å². The average Bonchev–Trinajstić information content (AvgIpc) is 2.66. The van der Waals surface area contributed by atoms with Crippen LogP contribution in [0.15, 0.2) is 22.9 Å². The number of carbonyl (C=O) groups is 1. The van der Waals surface area contributed by atoms with Crippen LogP contribution in [0.1, 0.15) is 27.4 Å². The van der Waals surface area contributed by atoms with Gasteiger partial charge in [-0.1, -0.05) is 16.8 Å². The third kappa shape index (κ3) is 2.68. The van der Waals surface area contributed by atoms with Gasteiger partial charge >= 0.3 is 0 Å². The van der Waals surface area contributed by atoms with Gasteiger partial charge in [0.2, 0.25) is 0 Å². The van der Waals surface area contributed by atoms with E-state index in [1.807, 2.05) is 13.8 Å². The summed E-state index contributed by atoms with van der Waals surface area (Å²) in [5.41, 5.74) is 2.14. The SMILES string of the molecule is Cc1noc(C)c1CNC(=O)c1ccnc(Cl)c1. The zero-order valence-corrected chi connectivity index (χ0v) is 10.8. The average molecular weight is 266 g/mol. The second kappa shape index (κ2) is 5.18. The highest BCUT2D eigenvalue weighted by Gasteiger charge is 2.11. The molecule has 0 aromatic carbocycles. The fourth-order valence-corrected chi connectivity index (χ4v) is 1.74. The van der Waals surface area contributed by atoms with Crippen LogP contribution in [-0.2, 0) is 6.54 Å². The Morgan fingerprint density at radius 2 is 2.28 bits per heavy atom. The van der Waals surface area contributed by atoms with Crippen molar-refractivity contribution in [1.29, 1.82) is 0 Å². The predicted molar refractivity (Wildman–Crippen MR) is 66.4 cm³/mol. The van der Waals surface area contributed by atoms with Crippen LogP contribution in [0.4, 0.5) is 0 Å². The Hall–Kier alpha value is -1.88. The summed E-state index contributed by atoms with van der Waals surface area (Å²) < 4.78 is 5.02. The number of nitrogens with zero attached hydrogens (tertiary/aromatic N) is 2. The molecule has 0 bridgehead atoms. The molecule has 0 spiro atoms. The third-order valence-electron chi connectivity index (χ3n) is 2.60. The van der Waals surface area contributed by atoms with Crippen LogP contribution in [0.2, 0.25) is 5.15 Å². The van der Waals surface area contributed by atoms with Crippen molar-refractivity contribution in [1.82, 2.24) is 15.5 Å². The summed E-state index contributed by atoms with van der Waals surface area (Å²) in [6, 6.07) is 3.12. The molecule has 0 saturated heterocycles. The first-order valence-electron chi connectivity index (χ1n) is 5.39. The van der Waals surface area contributed by atoms with E-state index in [2.05, 4.69) is 15.5 Å². The standard InChI is InChI=1S/C12H12ClN3O2/c1-7-10(8(2)18-16-7)6-15-12(17)9-3-4-14-11(13)5-9/h3-5H,6H2,1-2H3,(H,15,17). The molecule has 1 amide bonds. The van der Waals surface area contributed by atoms with Crippen LogP contribution in [-0.4, -0.2) is 16.0 Å². The number of halogens is 1. The maximum atomic E-state index is 11.9. The van der Waals surface area contributed by atoms with Crippen molar-refractivity contribution >= 4 is 17.5 Å². The van der Waals surface area contributed by atoms with Crippen LogP contribution in [0, 0.1) is 13.8 Å². The highest BCUT2D eigenvalue weighted by Crippen LogP contribution is 2.12. The quantitative estimate of drug-likeness (QED) is 0.865. The summed E-state index contributed by atoms with van der Waals surface area (Å²) in [7, 11) is 0. The summed E-state index contributed by atoms with van der Waals surface area (Å²) >= 11 is 5.72. The molecule has 0 unspecified atom stereocenters. The molecule has 2 aromatic heterocycles. The zero-order valence-electron chi connectivity index (χ0n) is 10.0. The molecule has 0 saturated carbocycles. The van der Waals surface area contributed by atoms with Crippen molar-refractivity contribution in [2.45, 2.75) is 20.4 Å². The van der Waals surface area contributed by atoms with Gasteiger partial charge in [-0.15, -0.1) is 0 Å². The first-order chi connectivity index (χ1) is 8.58.